The minimum absolute atomic E-state index is 0.288. The Balaban J connectivity index is 1.99. The summed E-state index contributed by atoms with van der Waals surface area (Å²) in [5, 5.41) is 4.17. The fraction of sp³-hybridized carbons (Fsp3) is 0.353. The average Bonchev–Trinajstić information content (AvgIpc) is 2.52. The van der Waals surface area contributed by atoms with Crippen LogP contribution in [0.25, 0.3) is 0 Å². The second-order valence-electron chi connectivity index (χ2n) is 4.98. The molecular weight excluding hydrogens is 284 g/mol. The smallest absolute Gasteiger partial charge is 0.213 e. The minimum atomic E-state index is 0.288. The van der Waals surface area contributed by atoms with Crippen LogP contribution in [-0.4, -0.2) is 11.5 Å². The summed E-state index contributed by atoms with van der Waals surface area (Å²) in [6.45, 7) is 5.72. The number of benzene rings is 1. The van der Waals surface area contributed by atoms with Gasteiger partial charge in [0.1, 0.15) is 6.61 Å². The summed E-state index contributed by atoms with van der Waals surface area (Å²) in [7, 11) is 0. The third kappa shape index (κ3) is 4.73. The molecular formula is C17H21ClN2O. The highest BCUT2D eigenvalue weighted by Gasteiger charge is 2.07. The molecule has 0 amide bonds. The number of rotatable bonds is 7. The van der Waals surface area contributed by atoms with Crippen molar-refractivity contribution in [1.29, 1.82) is 0 Å². The molecule has 0 saturated heterocycles. The van der Waals surface area contributed by atoms with E-state index in [2.05, 4.69) is 24.1 Å². The zero-order chi connectivity index (χ0) is 15.1. The van der Waals surface area contributed by atoms with Gasteiger partial charge < -0.3 is 10.1 Å². The average molecular weight is 305 g/mol. The molecule has 1 aromatic carbocycles. The fourth-order valence-corrected chi connectivity index (χ4v) is 2.21. The standard InChI is InChI=1S/C17H21ClN2O/c1-3-9-19-13(2)14-8-10-20-17(11-14)21-12-15-6-4-5-7-16(15)18/h4-8,10-11,13,19H,3,9,12H2,1-2H3. The van der Waals surface area contributed by atoms with Crippen molar-refractivity contribution in [2.24, 2.45) is 0 Å². The van der Waals surface area contributed by atoms with E-state index in [1.54, 1.807) is 6.20 Å². The van der Waals surface area contributed by atoms with Gasteiger partial charge in [0.05, 0.1) is 0 Å². The molecule has 0 saturated carbocycles. The monoisotopic (exact) mass is 304 g/mol. The third-order valence-corrected chi connectivity index (χ3v) is 3.66. The molecule has 2 rings (SSSR count). The van der Waals surface area contributed by atoms with Crippen molar-refractivity contribution >= 4 is 11.6 Å². The molecule has 1 N–H and O–H groups in total. The van der Waals surface area contributed by atoms with E-state index in [0.29, 0.717) is 17.5 Å². The van der Waals surface area contributed by atoms with E-state index < -0.39 is 0 Å². The van der Waals surface area contributed by atoms with Crippen LogP contribution in [0.3, 0.4) is 0 Å². The van der Waals surface area contributed by atoms with Gasteiger partial charge in [-0.25, -0.2) is 4.98 Å². The van der Waals surface area contributed by atoms with E-state index in [1.165, 1.54) is 5.56 Å². The molecule has 1 heterocycles. The van der Waals surface area contributed by atoms with Crippen LogP contribution in [0, 0.1) is 0 Å². The highest BCUT2D eigenvalue weighted by Crippen LogP contribution is 2.20. The predicted octanol–water partition coefficient (Wildman–Crippen LogP) is 4.37. The van der Waals surface area contributed by atoms with Crippen molar-refractivity contribution in [3.05, 3.63) is 58.7 Å². The van der Waals surface area contributed by atoms with Gasteiger partial charge in [-0.3, -0.25) is 0 Å². The van der Waals surface area contributed by atoms with Crippen LogP contribution in [0.5, 0.6) is 5.88 Å². The Morgan fingerprint density at radius 1 is 1.29 bits per heavy atom. The van der Waals surface area contributed by atoms with Crippen molar-refractivity contribution in [3.8, 4) is 5.88 Å². The number of nitrogens with one attached hydrogen (secondary N) is 1. The lowest BCUT2D eigenvalue weighted by Gasteiger charge is -2.14. The minimum Gasteiger partial charge on any atom is -0.473 e. The van der Waals surface area contributed by atoms with Crippen molar-refractivity contribution in [3.63, 3.8) is 0 Å². The first-order valence-electron chi connectivity index (χ1n) is 7.26. The van der Waals surface area contributed by atoms with Crippen molar-refractivity contribution in [2.45, 2.75) is 32.9 Å². The first-order chi connectivity index (χ1) is 10.2. The van der Waals surface area contributed by atoms with Crippen LogP contribution in [0.2, 0.25) is 5.02 Å². The molecule has 112 valence electrons. The Morgan fingerprint density at radius 3 is 2.86 bits per heavy atom. The zero-order valence-corrected chi connectivity index (χ0v) is 13.2. The Bertz CT molecular complexity index is 574. The lowest BCUT2D eigenvalue weighted by Crippen LogP contribution is -2.19. The number of aromatic nitrogens is 1. The summed E-state index contributed by atoms with van der Waals surface area (Å²) >= 11 is 6.12. The second kappa shape index (κ2) is 8.01. The molecule has 0 aliphatic heterocycles. The summed E-state index contributed by atoms with van der Waals surface area (Å²) < 4.78 is 5.74. The van der Waals surface area contributed by atoms with Crippen molar-refractivity contribution < 1.29 is 4.74 Å². The Kier molecular flexibility index (Phi) is 6.03. The van der Waals surface area contributed by atoms with Gasteiger partial charge in [-0.1, -0.05) is 36.7 Å². The van der Waals surface area contributed by atoms with Gasteiger partial charge in [0.15, 0.2) is 0 Å². The molecule has 0 aliphatic rings. The first kappa shape index (κ1) is 15.8. The number of nitrogens with zero attached hydrogens (tertiary/aromatic N) is 1. The van der Waals surface area contributed by atoms with Gasteiger partial charge >= 0.3 is 0 Å². The first-order valence-corrected chi connectivity index (χ1v) is 7.64. The lowest BCUT2D eigenvalue weighted by molar-refractivity contribution is 0.293. The quantitative estimate of drug-likeness (QED) is 0.824. The molecule has 0 bridgehead atoms. The highest BCUT2D eigenvalue weighted by atomic mass is 35.5. The lowest BCUT2D eigenvalue weighted by atomic mass is 10.1. The van der Waals surface area contributed by atoms with Gasteiger partial charge in [-0.05, 0) is 37.6 Å². The van der Waals surface area contributed by atoms with Crippen LogP contribution in [0.4, 0.5) is 0 Å². The van der Waals surface area contributed by atoms with Gasteiger partial charge in [0, 0.05) is 28.9 Å². The largest absolute Gasteiger partial charge is 0.473 e. The summed E-state index contributed by atoms with van der Waals surface area (Å²) in [4.78, 5) is 4.25. The number of hydrogen-bond acceptors (Lipinski definition) is 3. The van der Waals surface area contributed by atoms with Gasteiger partial charge in [0.2, 0.25) is 5.88 Å². The maximum Gasteiger partial charge on any atom is 0.213 e. The number of hydrogen-bond donors (Lipinski definition) is 1. The van der Waals surface area contributed by atoms with Crippen LogP contribution in [0.1, 0.15) is 37.4 Å². The maximum absolute atomic E-state index is 6.12. The second-order valence-corrected chi connectivity index (χ2v) is 5.39. The molecule has 4 heteroatoms. The van der Waals surface area contributed by atoms with E-state index in [4.69, 9.17) is 16.3 Å². The molecule has 1 unspecified atom stereocenters. The normalized spacial score (nSPS) is 12.1. The molecule has 3 nitrogen and oxygen atoms in total. The Hall–Kier alpha value is -1.58. The van der Waals surface area contributed by atoms with Crippen molar-refractivity contribution in [1.82, 2.24) is 10.3 Å². The molecule has 2 aromatic rings. The van der Waals surface area contributed by atoms with Crippen LogP contribution in [-0.2, 0) is 6.61 Å². The topological polar surface area (TPSA) is 34.2 Å². The fourth-order valence-electron chi connectivity index (χ4n) is 2.02. The molecule has 21 heavy (non-hydrogen) atoms. The van der Waals surface area contributed by atoms with E-state index in [0.717, 1.165) is 18.5 Å². The zero-order valence-electron chi connectivity index (χ0n) is 12.5. The summed E-state index contributed by atoms with van der Waals surface area (Å²) in [6, 6.07) is 11.9. The number of halogens is 1. The van der Waals surface area contributed by atoms with Crippen molar-refractivity contribution in [2.75, 3.05) is 6.54 Å². The third-order valence-electron chi connectivity index (χ3n) is 3.29. The molecule has 0 aliphatic carbocycles. The summed E-state index contributed by atoms with van der Waals surface area (Å²) in [5.74, 6) is 0.623. The summed E-state index contributed by atoms with van der Waals surface area (Å²) in [5.41, 5.74) is 2.14. The van der Waals surface area contributed by atoms with Gasteiger partial charge in [0.25, 0.3) is 0 Å². The molecule has 1 aromatic heterocycles. The highest BCUT2D eigenvalue weighted by molar-refractivity contribution is 6.31. The van der Waals surface area contributed by atoms with Crippen LogP contribution in [0.15, 0.2) is 42.6 Å². The Morgan fingerprint density at radius 2 is 2.10 bits per heavy atom. The number of pyridine rings is 1. The molecule has 0 spiro atoms. The SMILES string of the molecule is CCCNC(C)c1ccnc(OCc2ccccc2Cl)c1. The maximum atomic E-state index is 6.12. The molecule has 1 atom stereocenters. The van der Waals surface area contributed by atoms with E-state index >= 15 is 0 Å². The molecule has 0 radical (unpaired) electrons. The summed E-state index contributed by atoms with van der Waals surface area (Å²) in [6.07, 6.45) is 2.90. The van der Waals surface area contributed by atoms with E-state index in [-0.39, 0.29) is 6.04 Å². The van der Waals surface area contributed by atoms with E-state index in [9.17, 15) is 0 Å². The van der Waals surface area contributed by atoms with Gasteiger partial charge in [-0.2, -0.15) is 0 Å². The van der Waals surface area contributed by atoms with Crippen LogP contribution < -0.4 is 10.1 Å². The van der Waals surface area contributed by atoms with Gasteiger partial charge in [-0.15, -0.1) is 0 Å². The predicted molar refractivity (Wildman–Crippen MR) is 86.7 cm³/mol. The Labute approximate surface area is 131 Å². The number of ether oxygens (including phenoxy) is 1. The van der Waals surface area contributed by atoms with Crippen LogP contribution >= 0.6 is 11.6 Å². The van der Waals surface area contributed by atoms with E-state index in [1.807, 2.05) is 36.4 Å². The molecule has 0 fully saturated rings.